The highest BCUT2D eigenvalue weighted by Gasteiger charge is 2.28. The summed E-state index contributed by atoms with van der Waals surface area (Å²) >= 11 is 0. The van der Waals surface area contributed by atoms with Crippen LogP contribution >= 0.6 is 0 Å². The molecule has 0 fully saturated rings. The van der Waals surface area contributed by atoms with Gasteiger partial charge in [-0.05, 0) is 42.4 Å². The lowest BCUT2D eigenvalue weighted by Crippen LogP contribution is -2.24. The largest absolute Gasteiger partial charge is 0.493 e. The molecule has 0 aliphatic heterocycles. The molecule has 0 radical (unpaired) electrons. The van der Waals surface area contributed by atoms with Gasteiger partial charge in [-0.1, -0.05) is 48.5 Å². The van der Waals surface area contributed by atoms with Gasteiger partial charge in [-0.2, -0.15) is 0 Å². The predicted molar refractivity (Wildman–Crippen MR) is 148 cm³/mol. The van der Waals surface area contributed by atoms with Crippen LogP contribution in [0.4, 0.5) is 5.69 Å². The number of nitrogens with zero attached hydrogens (tertiary/aromatic N) is 1. The highest BCUT2D eigenvalue weighted by Crippen LogP contribution is 2.40. The van der Waals surface area contributed by atoms with Crippen LogP contribution in [0.25, 0.3) is 10.9 Å². The molecule has 8 heteroatoms. The number of amides is 1. The number of esters is 1. The van der Waals surface area contributed by atoms with Crippen LogP contribution in [0.5, 0.6) is 17.2 Å². The number of aryl methyl sites for hydroxylation is 1. The number of hydrogen-bond acceptors (Lipinski definition) is 7. The number of methoxy groups -OCH3 is 3. The lowest BCUT2D eigenvalue weighted by atomic mass is 9.80. The van der Waals surface area contributed by atoms with Crippen LogP contribution in [-0.2, 0) is 22.4 Å². The standard InChI is InChI=1S/C31H30N2O6/c1-36-26-16-21(17-27(37-2)30(26)38-3)32-28(34)18-39-31(35)29-22-11-7-8-12-24(22)33-25-14-13-20(15-23(25)29)19-9-5-4-6-10-19/h4-12,16-17,20H,13-15,18H2,1-3H3,(H,32,34). The summed E-state index contributed by atoms with van der Waals surface area (Å²) in [5, 5.41) is 3.46. The second-order valence-corrected chi connectivity index (χ2v) is 9.32. The fourth-order valence-electron chi connectivity index (χ4n) is 5.18. The summed E-state index contributed by atoms with van der Waals surface area (Å²) in [5.41, 5.74) is 4.68. The van der Waals surface area contributed by atoms with E-state index in [4.69, 9.17) is 23.9 Å². The fraction of sp³-hybridized carbons (Fsp3) is 0.258. The lowest BCUT2D eigenvalue weighted by Gasteiger charge is -2.27. The molecule has 1 aliphatic rings. The van der Waals surface area contributed by atoms with E-state index in [1.807, 2.05) is 42.5 Å². The third kappa shape index (κ3) is 5.36. The third-order valence-electron chi connectivity index (χ3n) is 7.02. The summed E-state index contributed by atoms with van der Waals surface area (Å²) in [6.45, 7) is -0.455. The molecule has 0 saturated carbocycles. The molecular formula is C31H30N2O6. The summed E-state index contributed by atoms with van der Waals surface area (Å²) < 4.78 is 21.6. The molecule has 3 aromatic carbocycles. The van der Waals surface area contributed by atoms with Crippen molar-refractivity contribution < 1.29 is 28.5 Å². The summed E-state index contributed by atoms with van der Waals surface area (Å²) in [5.74, 6) is 0.439. The van der Waals surface area contributed by atoms with Crippen molar-refractivity contribution in [1.29, 1.82) is 0 Å². The summed E-state index contributed by atoms with van der Waals surface area (Å²) in [7, 11) is 4.49. The highest BCUT2D eigenvalue weighted by molar-refractivity contribution is 6.06. The van der Waals surface area contributed by atoms with Gasteiger partial charge in [0, 0.05) is 28.9 Å². The minimum Gasteiger partial charge on any atom is -0.493 e. The molecule has 1 atom stereocenters. The Morgan fingerprint density at radius 3 is 2.31 bits per heavy atom. The number of carbonyl (C=O) groups excluding carboxylic acids is 2. The van der Waals surface area contributed by atoms with Gasteiger partial charge in [0.05, 0.1) is 32.4 Å². The minimum absolute atomic E-state index is 0.275. The molecule has 1 N–H and O–H groups in total. The number of anilines is 1. The van der Waals surface area contributed by atoms with Gasteiger partial charge < -0.3 is 24.3 Å². The third-order valence-corrected chi connectivity index (χ3v) is 7.02. The monoisotopic (exact) mass is 526 g/mol. The highest BCUT2D eigenvalue weighted by atomic mass is 16.5. The van der Waals surface area contributed by atoms with E-state index >= 15 is 0 Å². The van der Waals surface area contributed by atoms with Crippen LogP contribution in [0, 0.1) is 0 Å². The fourth-order valence-corrected chi connectivity index (χ4v) is 5.18. The van der Waals surface area contributed by atoms with Gasteiger partial charge in [0.2, 0.25) is 5.75 Å². The maximum absolute atomic E-state index is 13.5. The number of rotatable bonds is 8. The molecule has 5 rings (SSSR count). The van der Waals surface area contributed by atoms with Crippen molar-refractivity contribution in [2.24, 2.45) is 0 Å². The van der Waals surface area contributed by atoms with Gasteiger partial charge in [-0.25, -0.2) is 4.79 Å². The van der Waals surface area contributed by atoms with E-state index in [2.05, 4.69) is 17.4 Å². The molecule has 1 aromatic heterocycles. The molecule has 8 nitrogen and oxygen atoms in total. The van der Waals surface area contributed by atoms with Crippen LogP contribution in [0.3, 0.4) is 0 Å². The van der Waals surface area contributed by atoms with Gasteiger partial charge in [0.1, 0.15) is 0 Å². The first-order valence-corrected chi connectivity index (χ1v) is 12.7. The molecule has 200 valence electrons. The Morgan fingerprint density at radius 1 is 0.923 bits per heavy atom. The van der Waals surface area contributed by atoms with Gasteiger partial charge in [-0.3, -0.25) is 9.78 Å². The zero-order valence-electron chi connectivity index (χ0n) is 22.2. The van der Waals surface area contributed by atoms with Gasteiger partial charge in [0.15, 0.2) is 18.1 Å². The van der Waals surface area contributed by atoms with E-state index in [0.29, 0.717) is 34.9 Å². The van der Waals surface area contributed by atoms with E-state index < -0.39 is 18.5 Å². The SMILES string of the molecule is COc1cc(NC(=O)COC(=O)c2c3c(nc4ccccc24)CCC(c2ccccc2)C3)cc(OC)c1OC. The van der Waals surface area contributed by atoms with Crippen molar-refractivity contribution in [2.45, 2.75) is 25.2 Å². The first-order chi connectivity index (χ1) is 19.0. The molecule has 4 aromatic rings. The number of carbonyl (C=O) groups is 2. The molecule has 1 unspecified atom stereocenters. The number of pyridine rings is 1. The van der Waals surface area contributed by atoms with Crippen LogP contribution in [0.1, 0.15) is 39.5 Å². The Bertz CT molecular complexity index is 1490. The molecule has 1 aliphatic carbocycles. The minimum atomic E-state index is -0.543. The normalized spacial score (nSPS) is 14.3. The summed E-state index contributed by atoms with van der Waals surface area (Å²) in [6.07, 6.45) is 2.40. The number of fused-ring (bicyclic) bond motifs is 2. The van der Waals surface area contributed by atoms with Crippen LogP contribution < -0.4 is 19.5 Å². The Kier molecular flexibility index (Phi) is 7.63. The molecular weight excluding hydrogens is 496 g/mol. The van der Waals surface area contributed by atoms with E-state index in [1.54, 1.807) is 12.1 Å². The second-order valence-electron chi connectivity index (χ2n) is 9.32. The Morgan fingerprint density at radius 2 is 1.62 bits per heavy atom. The number of ether oxygens (including phenoxy) is 4. The Balaban J connectivity index is 1.38. The van der Waals surface area contributed by atoms with Gasteiger partial charge in [0.25, 0.3) is 5.91 Å². The molecule has 0 saturated heterocycles. The zero-order valence-corrected chi connectivity index (χ0v) is 22.2. The molecule has 0 spiro atoms. The van der Waals surface area contributed by atoms with Crippen molar-refractivity contribution in [3.8, 4) is 17.2 Å². The van der Waals surface area contributed by atoms with Gasteiger partial charge in [-0.15, -0.1) is 0 Å². The average molecular weight is 527 g/mol. The quantitative estimate of drug-likeness (QED) is 0.310. The molecule has 0 bridgehead atoms. The van der Waals surface area contributed by atoms with Crippen molar-refractivity contribution >= 4 is 28.5 Å². The molecule has 1 heterocycles. The molecule has 39 heavy (non-hydrogen) atoms. The maximum atomic E-state index is 13.5. The number of nitrogens with one attached hydrogen (secondary N) is 1. The topological polar surface area (TPSA) is 96.0 Å². The van der Waals surface area contributed by atoms with E-state index in [-0.39, 0.29) is 5.92 Å². The summed E-state index contributed by atoms with van der Waals surface area (Å²) in [6, 6.07) is 21.1. The number of para-hydroxylation sites is 1. The number of benzene rings is 3. The Hall–Kier alpha value is -4.59. The van der Waals surface area contributed by atoms with Crippen molar-refractivity contribution in [2.75, 3.05) is 33.3 Å². The van der Waals surface area contributed by atoms with Gasteiger partial charge >= 0.3 is 5.97 Å². The first-order valence-electron chi connectivity index (χ1n) is 12.7. The second kappa shape index (κ2) is 11.4. The van der Waals surface area contributed by atoms with Crippen molar-refractivity contribution in [3.63, 3.8) is 0 Å². The number of hydrogen-bond donors (Lipinski definition) is 1. The smallest absolute Gasteiger partial charge is 0.339 e. The lowest BCUT2D eigenvalue weighted by molar-refractivity contribution is -0.119. The van der Waals surface area contributed by atoms with E-state index in [1.165, 1.54) is 26.9 Å². The Labute approximate surface area is 226 Å². The maximum Gasteiger partial charge on any atom is 0.339 e. The average Bonchev–Trinajstić information content (AvgIpc) is 2.98. The first kappa shape index (κ1) is 26.0. The van der Waals surface area contributed by atoms with Crippen LogP contribution in [0.15, 0.2) is 66.7 Å². The van der Waals surface area contributed by atoms with Crippen LogP contribution in [0.2, 0.25) is 0 Å². The summed E-state index contributed by atoms with van der Waals surface area (Å²) in [4.78, 5) is 31.2. The van der Waals surface area contributed by atoms with Crippen molar-refractivity contribution in [3.05, 3.63) is 89.1 Å². The van der Waals surface area contributed by atoms with Crippen LogP contribution in [-0.4, -0.2) is 44.8 Å². The van der Waals surface area contributed by atoms with Crippen molar-refractivity contribution in [1.82, 2.24) is 4.98 Å². The van der Waals surface area contributed by atoms with E-state index in [9.17, 15) is 9.59 Å². The zero-order chi connectivity index (χ0) is 27.4. The van der Waals surface area contributed by atoms with E-state index in [0.717, 1.165) is 35.0 Å². The number of aromatic nitrogens is 1. The molecule has 1 amide bonds. The predicted octanol–water partition coefficient (Wildman–Crippen LogP) is 5.33.